The highest BCUT2D eigenvalue weighted by Gasteiger charge is 2.29. The third-order valence-electron chi connectivity index (χ3n) is 12.0. The minimum absolute atomic E-state index is 0.112. The van der Waals surface area contributed by atoms with E-state index in [0.717, 1.165) is 71.9 Å². The number of hydrogen-bond donors (Lipinski definition) is 3. The van der Waals surface area contributed by atoms with Gasteiger partial charge in [-0.25, -0.2) is 0 Å². The number of aromatic hydroxyl groups is 3. The van der Waals surface area contributed by atoms with Gasteiger partial charge in [-0.2, -0.15) is 0 Å². The number of unbranched alkanes of at least 4 members (excludes halogenated alkanes) is 2. The first-order chi connectivity index (χ1) is 22.6. The zero-order valence-corrected chi connectivity index (χ0v) is 30.3. The lowest BCUT2D eigenvalue weighted by molar-refractivity contribution is 0.413. The van der Waals surface area contributed by atoms with Crippen molar-refractivity contribution in [3.8, 4) is 17.2 Å². The van der Waals surface area contributed by atoms with Gasteiger partial charge in [0.1, 0.15) is 17.2 Å². The lowest BCUT2D eigenvalue weighted by atomic mass is 9.74. The SMILES string of the molecule is CCCCCC(C)c1cc(C(CC(C)c2cc(C3CCCCC3)c(O)cc2C)c2cc(C3CCCCC3)c(O)cc2C)c(C)cc1O. The van der Waals surface area contributed by atoms with Crippen molar-refractivity contribution < 1.29 is 15.3 Å². The summed E-state index contributed by atoms with van der Waals surface area (Å²) in [6.45, 7) is 13.3. The van der Waals surface area contributed by atoms with E-state index in [9.17, 15) is 15.3 Å². The van der Waals surface area contributed by atoms with E-state index in [4.69, 9.17) is 0 Å². The van der Waals surface area contributed by atoms with Gasteiger partial charge in [0.15, 0.2) is 0 Å². The monoisotopic (exact) mass is 638 g/mol. The van der Waals surface area contributed by atoms with Gasteiger partial charge in [-0.15, -0.1) is 0 Å². The summed E-state index contributed by atoms with van der Waals surface area (Å²) in [5.74, 6) is 2.84. The summed E-state index contributed by atoms with van der Waals surface area (Å²) in [5, 5.41) is 33.6. The summed E-state index contributed by atoms with van der Waals surface area (Å²) < 4.78 is 0. The van der Waals surface area contributed by atoms with Crippen molar-refractivity contribution in [2.75, 3.05) is 0 Å². The number of aryl methyl sites for hydroxylation is 3. The highest BCUT2D eigenvalue weighted by molar-refractivity contribution is 5.52. The molecular formula is C44H62O3. The predicted octanol–water partition coefficient (Wildman–Crippen LogP) is 12.8. The topological polar surface area (TPSA) is 60.7 Å². The Bertz CT molecular complexity index is 1490. The molecule has 0 aromatic heterocycles. The van der Waals surface area contributed by atoms with Gasteiger partial charge in [-0.05, 0) is 151 Å². The summed E-state index contributed by atoms with van der Waals surface area (Å²) >= 11 is 0. The van der Waals surface area contributed by atoms with Crippen LogP contribution in [0.1, 0.15) is 197 Å². The first kappa shape index (κ1) is 35.4. The van der Waals surface area contributed by atoms with Crippen LogP contribution in [-0.4, -0.2) is 15.3 Å². The number of phenolic OH excluding ortho intramolecular Hbond substituents is 3. The molecule has 0 radical (unpaired) electrons. The highest BCUT2D eigenvalue weighted by Crippen LogP contribution is 2.47. The molecule has 0 bridgehead atoms. The molecule has 2 aliphatic rings. The van der Waals surface area contributed by atoms with Crippen molar-refractivity contribution in [3.05, 3.63) is 86.5 Å². The zero-order chi connectivity index (χ0) is 33.7. The van der Waals surface area contributed by atoms with Crippen molar-refractivity contribution in [2.45, 2.75) is 167 Å². The van der Waals surface area contributed by atoms with Crippen LogP contribution in [0.15, 0.2) is 36.4 Å². The number of phenols is 3. The molecule has 2 saturated carbocycles. The van der Waals surface area contributed by atoms with Crippen LogP contribution in [0.2, 0.25) is 0 Å². The van der Waals surface area contributed by atoms with Crippen LogP contribution in [0.5, 0.6) is 17.2 Å². The van der Waals surface area contributed by atoms with E-state index >= 15 is 0 Å². The molecule has 0 aliphatic heterocycles. The molecule has 3 aromatic rings. The van der Waals surface area contributed by atoms with Gasteiger partial charge in [0, 0.05) is 5.92 Å². The van der Waals surface area contributed by atoms with Crippen LogP contribution in [0, 0.1) is 20.8 Å². The van der Waals surface area contributed by atoms with Crippen LogP contribution < -0.4 is 0 Å². The summed E-state index contributed by atoms with van der Waals surface area (Å²) in [6.07, 6.45) is 17.7. The van der Waals surface area contributed by atoms with Crippen molar-refractivity contribution >= 4 is 0 Å². The molecule has 3 unspecified atom stereocenters. The fourth-order valence-corrected chi connectivity index (χ4v) is 9.10. The van der Waals surface area contributed by atoms with Gasteiger partial charge in [-0.1, -0.05) is 96.8 Å². The Kier molecular flexibility index (Phi) is 12.0. The average Bonchev–Trinajstić information content (AvgIpc) is 3.05. The van der Waals surface area contributed by atoms with Crippen LogP contribution >= 0.6 is 0 Å². The Morgan fingerprint density at radius 3 is 1.55 bits per heavy atom. The molecule has 0 heterocycles. The lowest BCUT2D eigenvalue weighted by Crippen LogP contribution is -2.13. The van der Waals surface area contributed by atoms with Gasteiger partial charge in [-0.3, -0.25) is 0 Å². The predicted molar refractivity (Wildman–Crippen MR) is 198 cm³/mol. The van der Waals surface area contributed by atoms with E-state index < -0.39 is 0 Å². The summed E-state index contributed by atoms with van der Waals surface area (Å²) in [4.78, 5) is 0. The Morgan fingerprint density at radius 2 is 1.02 bits per heavy atom. The zero-order valence-electron chi connectivity index (χ0n) is 30.3. The number of hydrogen-bond acceptors (Lipinski definition) is 3. The van der Waals surface area contributed by atoms with Gasteiger partial charge in [0.2, 0.25) is 0 Å². The molecule has 47 heavy (non-hydrogen) atoms. The molecule has 3 nitrogen and oxygen atoms in total. The molecule has 3 N–H and O–H groups in total. The van der Waals surface area contributed by atoms with Gasteiger partial charge >= 0.3 is 0 Å². The summed E-state index contributed by atoms with van der Waals surface area (Å²) in [6, 6.07) is 13.1. The van der Waals surface area contributed by atoms with E-state index in [2.05, 4.69) is 59.7 Å². The van der Waals surface area contributed by atoms with Crippen LogP contribution in [0.4, 0.5) is 0 Å². The van der Waals surface area contributed by atoms with Crippen molar-refractivity contribution in [3.63, 3.8) is 0 Å². The van der Waals surface area contributed by atoms with Gasteiger partial charge < -0.3 is 15.3 Å². The maximum atomic E-state index is 11.3. The summed E-state index contributed by atoms with van der Waals surface area (Å²) in [7, 11) is 0. The molecule has 0 saturated heterocycles. The second-order valence-corrected chi connectivity index (χ2v) is 15.6. The Balaban J connectivity index is 1.60. The minimum Gasteiger partial charge on any atom is -0.508 e. The highest BCUT2D eigenvalue weighted by atomic mass is 16.3. The molecule has 5 rings (SSSR count). The third-order valence-corrected chi connectivity index (χ3v) is 12.0. The maximum Gasteiger partial charge on any atom is 0.119 e. The molecule has 0 spiro atoms. The van der Waals surface area contributed by atoms with E-state index in [1.54, 1.807) is 0 Å². The molecule has 2 fully saturated rings. The quantitative estimate of drug-likeness (QED) is 0.173. The summed E-state index contributed by atoms with van der Waals surface area (Å²) in [5.41, 5.74) is 10.7. The third kappa shape index (κ3) is 8.21. The minimum atomic E-state index is 0.112. The van der Waals surface area contributed by atoms with E-state index in [1.807, 2.05) is 18.2 Å². The Hall–Kier alpha value is -2.94. The molecule has 3 heteroatoms. The van der Waals surface area contributed by atoms with Crippen LogP contribution in [-0.2, 0) is 0 Å². The van der Waals surface area contributed by atoms with Crippen LogP contribution in [0.25, 0.3) is 0 Å². The van der Waals surface area contributed by atoms with Gasteiger partial charge in [0.25, 0.3) is 0 Å². The van der Waals surface area contributed by atoms with Crippen molar-refractivity contribution in [2.24, 2.45) is 0 Å². The lowest BCUT2D eigenvalue weighted by Gasteiger charge is -2.30. The molecule has 3 atom stereocenters. The standard InChI is InChI=1S/C44H62O3/c1-7-8-11-16-28(2)38-26-36(31(5)23-42(38)45)41(37-27-40(44(47)24-32(37)6)34-19-14-10-15-20-34)21-29(3)35-25-39(43(46)22-30(35)4)33-17-12-9-13-18-33/h22-29,33-34,41,45-47H,7-21H2,1-6H3. The molecule has 2 aliphatic carbocycles. The van der Waals surface area contributed by atoms with Crippen LogP contribution in [0.3, 0.4) is 0 Å². The first-order valence-electron chi connectivity index (χ1n) is 19.1. The van der Waals surface area contributed by atoms with Crippen molar-refractivity contribution in [1.29, 1.82) is 0 Å². The molecule has 3 aromatic carbocycles. The second-order valence-electron chi connectivity index (χ2n) is 15.6. The van der Waals surface area contributed by atoms with E-state index in [0.29, 0.717) is 29.1 Å². The molecule has 256 valence electrons. The average molecular weight is 639 g/mol. The maximum absolute atomic E-state index is 11.3. The Labute approximate surface area is 285 Å². The molecule has 0 amide bonds. The fraction of sp³-hybridized carbons (Fsp3) is 0.591. The number of rotatable bonds is 12. The van der Waals surface area contributed by atoms with Gasteiger partial charge in [0.05, 0.1) is 0 Å². The molecular weight excluding hydrogens is 576 g/mol. The number of benzene rings is 3. The smallest absolute Gasteiger partial charge is 0.119 e. The second kappa shape index (κ2) is 16.0. The normalized spacial score (nSPS) is 18.3. The Morgan fingerprint density at radius 1 is 0.553 bits per heavy atom. The van der Waals surface area contributed by atoms with E-state index in [1.165, 1.54) is 74.5 Å². The first-order valence-corrected chi connectivity index (χ1v) is 19.1. The van der Waals surface area contributed by atoms with Crippen molar-refractivity contribution in [1.82, 2.24) is 0 Å². The van der Waals surface area contributed by atoms with E-state index in [-0.39, 0.29) is 17.8 Å². The fourth-order valence-electron chi connectivity index (χ4n) is 9.10. The largest absolute Gasteiger partial charge is 0.508 e.